The highest BCUT2D eigenvalue weighted by atomic mass is 35.5. The summed E-state index contributed by atoms with van der Waals surface area (Å²) in [5.74, 6) is 0.907. The fraction of sp³-hybridized carbons (Fsp3) is 0.600. The molecule has 1 fully saturated rings. The Morgan fingerprint density at radius 1 is 1.32 bits per heavy atom. The van der Waals surface area contributed by atoms with Crippen LogP contribution in [0.25, 0.3) is 0 Å². The Morgan fingerprint density at radius 2 is 1.95 bits per heavy atom. The van der Waals surface area contributed by atoms with E-state index in [1.165, 1.54) is 0 Å². The van der Waals surface area contributed by atoms with E-state index in [1.807, 2.05) is 31.3 Å². The monoisotopic (exact) mass is 282 g/mol. The van der Waals surface area contributed by atoms with Crippen LogP contribution in [0.3, 0.4) is 0 Å². The minimum Gasteiger partial charge on any atom is -0.488 e. The molecule has 1 aromatic rings. The minimum atomic E-state index is 0.210. The van der Waals surface area contributed by atoms with Crippen molar-refractivity contribution in [2.45, 2.75) is 31.9 Å². The largest absolute Gasteiger partial charge is 0.488 e. The number of halogens is 1. The predicted octanol–water partition coefficient (Wildman–Crippen LogP) is 2.79. The first kappa shape index (κ1) is 14.6. The lowest BCUT2D eigenvalue weighted by molar-refractivity contribution is 0.0156. The fourth-order valence-electron chi connectivity index (χ4n) is 2.05. The Bertz CT molecular complexity index is 399. The summed E-state index contributed by atoms with van der Waals surface area (Å²) in [6, 6.07) is 7.58. The molecule has 1 saturated heterocycles. The van der Waals surface area contributed by atoms with E-state index in [-0.39, 0.29) is 5.54 Å². The van der Waals surface area contributed by atoms with Gasteiger partial charge in [-0.3, -0.25) is 4.90 Å². The smallest absolute Gasteiger partial charge is 0.124 e. The Kier molecular flexibility index (Phi) is 4.71. The molecule has 1 aromatic carbocycles. The van der Waals surface area contributed by atoms with E-state index in [1.54, 1.807) is 0 Å². The summed E-state index contributed by atoms with van der Waals surface area (Å²) < 4.78 is 5.88. The minimum absolute atomic E-state index is 0.210. The van der Waals surface area contributed by atoms with Gasteiger partial charge in [0.05, 0.1) is 0 Å². The van der Waals surface area contributed by atoms with Crippen LogP contribution in [0.5, 0.6) is 5.75 Å². The van der Waals surface area contributed by atoms with Crippen molar-refractivity contribution < 1.29 is 4.74 Å². The van der Waals surface area contributed by atoms with Crippen LogP contribution in [0.2, 0.25) is 5.02 Å². The predicted molar refractivity (Wildman–Crippen MR) is 80.1 cm³/mol. The maximum Gasteiger partial charge on any atom is 0.124 e. The molecule has 0 atom stereocenters. The van der Waals surface area contributed by atoms with Gasteiger partial charge in [0.25, 0.3) is 0 Å². The number of ether oxygens (including phenoxy) is 1. The van der Waals surface area contributed by atoms with E-state index in [4.69, 9.17) is 16.3 Å². The topological polar surface area (TPSA) is 24.5 Å². The molecule has 0 saturated carbocycles. The number of hydrogen-bond donors (Lipinski definition) is 1. The van der Waals surface area contributed by atoms with Gasteiger partial charge in [0.1, 0.15) is 11.9 Å². The van der Waals surface area contributed by atoms with Crippen LogP contribution >= 0.6 is 11.6 Å². The standard InChI is InChI=1S/C15H23ClN2O/c1-15(2,17-3)8-9-18-10-14(11-18)19-13-6-4-12(16)5-7-13/h4-7,14,17H,8-11H2,1-3H3. The highest BCUT2D eigenvalue weighted by Gasteiger charge is 2.29. The Labute approximate surface area is 120 Å². The van der Waals surface area contributed by atoms with E-state index < -0.39 is 0 Å². The molecule has 1 aliphatic rings. The molecule has 2 rings (SSSR count). The van der Waals surface area contributed by atoms with E-state index in [0.29, 0.717) is 6.10 Å². The van der Waals surface area contributed by atoms with Crippen molar-refractivity contribution in [3.8, 4) is 5.75 Å². The van der Waals surface area contributed by atoms with Crippen molar-refractivity contribution >= 4 is 11.6 Å². The highest BCUT2D eigenvalue weighted by molar-refractivity contribution is 6.30. The van der Waals surface area contributed by atoms with E-state index >= 15 is 0 Å². The molecule has 3 nitrogen and oxygen atoms in total. The molecule has 0 aliphatic carbocycles. The summed E-state index contributed by atoms with van der Waals surface area (Å²) in [5, 5.41) is 4.08. The molecular weight excluding hydrogens is 260 g/mol. The van der Waals surface area contributed by atoms with Gasteiger partial charge in [-0.15, -0.1) is 0 Å². The molecule has 19 heavy (non-hydrogen) atoms. The van der Waals surface area contributed by atoms with Crippen molar-refractivity contribution in [2.75, 3.05) is 26.7 Å². The summed E-state index contributed by atoms with van der Waals surface area (Å²) >= 11 is 5.85. The second-order valence-corrected chi connectivity index (χ2v) is 6.27. The van der Waals surface area contributed by atoms with Gasteiger partial charge >= 0.3 is 0 Å². The number of benzene rings is 1. The second kappa shape index (κ2) is 6.12. The number of hydrogen-bond acceptors (Lipinski definition) is 3. The third kappa shape index (κ3) is 4.37. The molecule has 0 unspecified atom stereocenters. The summed E-state index contributed by atoms with van der Waals surface area (Å²) in [5.41, 5.74) is 0.210. The van der Waals surface area contributed by atoms with Gasteiger partial charge in [-0.05, 0) is 51.6 Å². The maximum absolute atomic E-state index is 5.88. The molecule has 0 spiro atoms. The van der Waals surface area contributed by atoms with Gasteiger partial charge in [0.15, 0.2) is 0 Å². The normalized spacial score (nSPS) is 17.3. The molecule has 1 aliphatic heterocycles. The third-order valence-electron chi connectivity index (χ3n) is 3.77. The van der Waals surface area contributed by atoms with Crippen molar-refractivity contribution in [1.82, 2.24) is 10.2 Å². The van der Waals surface area contributed by atoms with Crippen LogP contribution < -0.4 is 10.1 Å². The highest BCUT2D eigenvalue weighted by Crippen LogP contribution is 2.21. The molecule has 0 amide bonds. The van der Waals surface area contributed by atoms with E-state index in [2.05, 4.69) is 24.1 Å². The number of rotatable bonds is 6. The van der Waals surface area contributed by atoms with Crippen molar-refractivity contribution in [1.29, 1.82) is 0 Å². The fourth-order valence-corrected chi connectivity index (χ4v) is 2.17. The average molecular weight is 283 g/mol. The quantitative estimate of drug-likeness (QED) is 0.868. The Balaban J connectivity index is 1.68. The zero-order chi connectivity index (χ0) is 13.9. The third-order valence-corrected chi connectivity index (χ3v) is 4.02. The van der Waals surface area contributed by atoms with Gasteiger partial charge in [-0.1, -0.05) is 11.6 Å². The van der Waals surface area contributed by atoms with Gasteiger partial charge < -0.3 is 10.1 Å². The van der Waals surface area contributed by atoms with Gasteiger partial charge in [0.2, 0.25) is 0 Å². The van der Waals surface area contributed by atoms with E-state index in [0.717, 1.165) is 36.8 Å². The van der Waals surface area contributed by atoms with Crippen molar-refractivity contribution in [3.05, 3.63) is 29.3 Å². The second-order valence-electron chi connectivity index (χ2n) is 5.84. The molecule has 1 N–H and O–H groups in total. The number of likely N-dealkylation sites (tertiary alicyclic amines) is 1. The number of nitrogens with one attached hydrogen (secondary N) is 1. The summed E-state index contributed by atoms with van der Waals surface area (Å²) in [6.45, 7) is 7.61. The zero-order valence-corrected chi connectivity index (χ0v) is 12.7. The van der Waals surface area contributed by atoms with Crippen LogP contribution in [-0.4, -0.2) is 43.2 Å². The first-order chi connectivity index (χ1) is 8.98. The molecule has 4 heteroatoms. The first-order valence-corrected chi connectivity index (χ1v) is 7.20. The lowest BCUT2D eigenvalue weighted by Gasteiger charge is -2.40. The summed E-state index contributed by atoms with van der Waals surface area (Å²) in [4.78, 5) is 2.43. The van der Waals surface area contributed by atoms with Crippen LogP contribution in [0.4, 0.5) is 0 Å². The van der Waals surface area contributed by atoms with Crippen molar-refractivity contribution in [3.63, 3.8) is 0 Å². The van der Waals surface area contributed by atoms with Crippen LogP contribution in [0.15, 0.2) is 24.3 Å². The number of nitrogens with zero attached hydrogens (tertiary/aromatic N) is 1. The summed E-state index contributed by atoms with van der Waals surface area (Å²) in [7, 11) is 2.02. The first-order valence-electron chi connectivity index (χ1n) is 6.82. The summed E-state index contributed by atoms with van der Waals surface area (Å²) in [6.07, 6.45) is 1.47. The van der Waals surface area contributed by atoms with Crippen LogP contribution in [0.1, 0.15) is 20.3 Å². The molecule has 0 aromatic heterocycles. The Hall–Kier alpha value is -0.770. The maximum atomic E-state index is 5.88. The van der Waals surface area contributed by atoms with Gasteiger partial charge in [0, 0.05) is 30.2 Å². The van der Waals surface area contributed by atoms with Gasteiger partial charge in [-0.2, -0.15) is 0 Å². The van der Waals surface area contributed by atoms with Crippen LogP contribution in [-0.2, 0) is 0 Å². The Morgan fingerprint density at radius 3 is 2.53 bits per heavy atom. The lowest BCUT2D eigenvalue weighted by atomic mass is 9.99. The zero-order valence-electron chi connectivity index (χ0n) is 11.9. The molecule has 1 heterocycles. The molecular formula is C15H23ClN2O. The molecule has 0 radical (unpaired) electrons. The van der Waals surface area contributed by atoms with E-state index in [9.17, 15) is 0 Å². The average Bonchev–Trinajstić information content (AvgIpc) is 2.34. The van der Waals surface area contributed by atoms with Gasteiger partial charge in [-0.25, -0.2) is 0 Å². The molecule has 106 valence electrons. The SMILES string of the molecule is CNC(C)(C)CCN1CC(Oc2ccc(Cl)cc2)C1. The molecule has 0 bridgehead atoms. The van der Waals surface area contributed by atoms with Crippen LogP contribution in [0, 0.1) is 0 Å². The lowest BCUT2D eigenvalue weighted by Crippen LogP contribution is -2.55. The van der Waals surface area contributed by atoms with Crippen molar-refractivity contribution in [2.24, 2.45) is 0 Å².